The smallest absolute Gasteiger partial charge is 0.294 e. The highest BCUT2D eigenvalue weighted by atomic mass is 32.1. The average molecular weight is 491 g/mol. The van der Waals surface area contributed by atoms with Crippen LogP contribution in [0.1, 0.15) is 58.3 Å². The van der Waals surface area contributed by atoms with Crippen LogP contribution in [0, 0.1) is 13.8 Å². The molecule has 1 amide bonds. The number of ketones is 1. The minimum absolute atomic E-state index is 0.0444. The molecule has 1 atom stereocenters. The molecule has 180 valence electrons. The number of benzene rings is 2. The van der Waals surface area contributed by atoms with Crippen LogP contribution in [0.5, 0.6) is 11.5 Å². The third kappa shape index (κ3) is 3.87. The van der Waals surface area contributed by atoms with Gasteiger partial charge in [0, 0.05) is 11.8 Å². The van der Waals surface area contributed by atoms with E-state index >= 15 is 0 Å². The number of Topliss-reactive ketones (excluding diaryl/α,β-unsaturated/α-hetero) is 1. The van der Waals surface area contributed by atoms with Crippen molar-refractivity contribution in [2.45, 2.75) is 46.1 Å². The Morgan fingerprint density at radius 2 is 1.77 bits per heavy atom. The van der Waals surface area contributed by atoms with Crippen LogP contribution in [-0.2, 0) is 10.2 Å². The number of thiazole rings is 1. The maximum atomic E-state index is 13.7. The molecule has 0 spiro atoms. The summed E-state index contributed by atoms with van der Waals surface area (Å²) in [6.45, 7) is 10.0. The fraction of sp³-hybridized carbons (Fsp3) is 0.296. The highest BCUT2D eigenvalue weighted by Gasteiger charge is 2.45. The number of nitrogens with zero attached hydrogens (tertiary/aromatic N) is 2. The lowest BCUT2D eigenvalue weighted by atomic mass is 9.85. The van der Waals surface area contributed by atoms with E-state index in [2.05, 4.69) is 25.8 Å². The average Bonchev–Trinajstić information content (AvgIpc) is 3.48. The molecule has 35 heavy (non-hydrogen) atoms. The number of aryl methyl sites for hydroxylation is 2. The Morgan fingerprint density at radius 1 is 1.09 bits per heavy atom. The second kappa shape index (κ2) is 8.23. The van der Waals surface area contributed by atoms with Gasteiger partial charge in [0.15, 0.2) is 17.3 Å². The van der Waals surface area contributed by atoms with Crippen LogP contribution in [0.3, 0.4) is 0 Å². The zero-order valence-electron chi connectivity index (χ0n) is 20.2. The van der Waals surface area contributed by atoms with E-state index < -0.39 is 23.5 Å². The van der Waals surface area contributed by atoms with E-state index in [9.17, 15) is 14.7 Å². The van der Waals surface area contributed by atoms with Gasteiger partial charge in [-0.2, -0.15) is 0 Å². The standard InChI is InChI=1S/C27H26N2O5S/c1-14-25(35-15(2)28-14)23(30)21-22(16-6-8-17(9-7-16)27(3,4)5)29(26(32)24(21)31)18-10-11-19-20(12-18)34-13-33-19/h6-12,22,31H,13H2,1-5H3. The van der Waals surface area contributed by atoms with E-state index in [0.717, 1.165) is 16.1 Å². The molecule has 7 nitrogen and oxygen atoms in total. The van der Waals surface area contributed by atoms with Crippen LogP contribution in [0.15, 0.2) is 53.8 Å². The largest absolute Gasteiger partial charge is 0.503 e. The molecule has 3 heterocycles. The van der Waals surface area contributed by atoms with Crippen LogP contribution in [0.2, 0.25) is 0 Å². The van der Waals surface area contributed by atoms with Crippen molar-refractivity contribution >= 4 is 28.7 Å². The molecule has 0 fully saturated rings. The van der Waals surface area contributed by atoms with Gasteiger partial charge in [0.2, 0.25) is 12.6 Å². The van der Waals surface area contributed by atoms with Gasteiger partial charge in [-0.1, -0.05) is 45.0 Å². The number of hydrogen-bond acceptors (Lipinski definition) is 7. The Balaban J connectivity index is 1.65. The first-order valence-electron chi connectivity index (χ1n) is 11.3. The molecule has 0 radical (unpaired) electrons. The molecule has 5 rings (SSSR count). The van der Waals surface area contributed by atoms with Crippen molar-refractivity contribution in [1.29, 1.82) is 0 Å². The number of ether oxygens (including phenoxy) is 2. The molecule has 0 aliphatic carbocycles. The summed E-state index contributed by atoms with van der Waals surface area (Å²) in [5.74, 6) is -0.507. The minimum atomic E-state index is -0.814. The van der Waals surface area contributed by atoms with Gasteiger partial charge in [-0.15, -0.1) is 11.3 Å². The molecule has 0 saturated heterocycles. The van der Waals surface area contributed by atoms with E-state index in [1.807, 2.05) is 31.2 Å². The Bertz CT molecular complexity index is 1380. The molecule has 2 aliphatic rings. The number of carbonyl (C=O) groups excluding carboxylic acids is 2. The number of aliphatic hydroxyl groups excluding tert-OH is 1. The Hall–Kier alpha value is -3.65. The monoisotopic (exact) mass is 490 g/mol. The number of anilines is 1. The number of rotatable bonds is 4. The first-order chi connectivity index (χ1) is 16.6. The lowest BCUT2D eigenvalue weighted by Gasteiger charge is -2.28. The summed E-state index contributed by atoms with van der Waals surface area (Å²) in [5.41, 5.74) is 2.90. The van der Waals surface area contributed by atoms with E-state index in [0.29, 0.717) is 27.8 Å². The number of carbonyl (C=O) groups is 2. The molecule has 1 N–H and O–H groups in total. The normalized spacial score (nSPS) is 17.5. The summed E-state index contributed by atoms with van der Waals surface area (Å²) in [7, 11) is 0. The Kier molecular flexibility index (Phi) is 5.44. The predicted molar refractivity (Wildman–Crippen MR) is 134 cm³/mol. The number of aromatic nitrogens is 1. The quantitative estimate of drug-likeness (QED) is 0.481. The Labute approximate surface area is 207 Å². The van der Waals surface area contributed by atoms with Crippen molar-refractivity contribution in [3.05, 3.63) is 80.5 Å². The van der Waals surface area contributed by atoms with Gasteiger partial charge < -0.3 is 14.6 Å². The van der Waals surface area contributed by atoms with Gasteiger partial charge in [0.05, 0.1) is 27.2 Å². The van der Waals surface area contributed by atoms with Crippen molar-refractivity contribution < 1.29 is 24.2 Å². The minimum Gasteiger partial charge on any atom is -0.503 e. The number of amides is 1. The highest BCUT2D eigenvalue weighted by Crippen LogP contribution is 2.45. The van der Waals surface area contributed by atoms with Crippen molar-refractivity contribution in [1.82, 2.24) is 4.98 Å². The number of aliphatic hydroxyl groups is 1. The molecule has 0 saturated carbocycles. The SMILES string of the molecule is Cc1nc(C)c(C(=O)C2=C(O)C(=O)N(c3ccc4c(c3)OCO4)C2c2ccc(C(C)(C)C)cc2)s1. The fourth-order valence-corrected chi connectivity index (χ4v) is 5.36. The van der Waals surface area contributed by atoms with Crippen molar-refractivity contribution in [3.63, 3.8) is 0 Å². The third-order valence-corrected chi connectivity index (χ3v) is 7.36. The van der Waals surface area contributed by atoms with Crippen LogP contribution >= 0.6 is 11.3 Å². The summed E-state index contributed by atoms with van der Waals surface area (Å²) >= 11 is 1.26. The molecular weight excluding hydrogens is 464 g/mol. The van der Waals surface area contributed by atoms with Crippen molar-refractivity contribution in [2.24, 2.45) is 0 Å². The van der Waals surface area contributed by atoms with Crippen LogP contribution in [0.4, 0.5) is 5.69 Å². The zero-order valence-corrected chi connectivity index (χ0v) is 21.0. The van der Waals surface area contributed by atoms with Gasteiger partial charge in [0.1, 0.15) is 0 Å². The summed E-state index contributed by atoms with van der Waals surface area (Å²) < 4.78 is 10.9. The first-order valence-corrected chi connectivity index (χ1v) is 12.1. The first kappa shape index (κ1) is 23.1. The van der Waals surface area contributed by atoms with E-state index in [4.69, 9.17) is 9.47 Å². The van der Waals surface area contributed by atoms with Crippen LogP contribution < -0.4 is 14.4 Å². The highest BCUT2D eigenvalue weighted by molar-refractivity contribution is 7.14. The maximum absolute atomic E-state index is 13.7. The second-order valence-electron chi connectivity index (χ2n) is 9.73. The van der Waals surface area contributed by atoms with E-state index in [1.165, 1.54) is 16.2 Å². The molecule has 3 aromatic rings. The molecule has 2 aliphatic heterocycles. The van der Waals surface area contributed by atoms with Crippen molar-refractivity contribution in [3.8, 4) is 11.5 Å². The van der Waals surface area contributed by atoms with Gasteiger partial charge >= 0.3 is 0 Å². The summed E-state index contributed by atoms with van der Waals surface area (Å²) in [6, 6.07) is 12.1. The number of hydrogen-bond donors (Lipinski definition) is 1. The fourth-order valence-electron chi connectivity index (χ4n) is 4.48. The lowest BCUT2D eigenvalue weighted by molar-refractivity contribution is -0.117. The summed E-state index contributed by atoms with van der Waals surface area (Å²) in [4.78, 5) is 33.4. The lowest BCUT2D eigenvalue weighted by Crippen LogP contribution is -2.31. The van der Waals surface area contributed by atoms with Gasteiger partial charge in [0.25, 0.3) is 5.91 Å². The van der Waals surface area contributed by atoms with Crippen LogP contribution in [0.25, 0.3) is 0 Å². The Morgan fingerprint density at radius 3 is 2.40 bits per heavy atom. The molecule has 0 bridgehead atoms. The molecule has 2 aromatic carbocycles. The van der Waals surface area contributed by atoms with Gasteiger partial charge in [-0.3, -0.25) is 14.5 Å². The van der Waals surface area contributed by atoms with E-state index in [-0.39, 0.29) is 17.8 Å². The number of fused-ring (bicyclic) bond motifs is 1. The molecule has 8 heteroatoms. The van der Waals surface area contributed by atoms with E-state index in [1.54, 1.807) is 25.1 Å². The third-order valence-electron chi connectivity index (χ3n) is 6.29. The molecular formula is C27H26N2O5S. The zero-order chi connectivity index (χ0) is 25.1. The van der Waals surface area contributed by atoms with Gasteiger partial charge in [-0.05, 0) is 42.5 Å². The summed E-state index contributed by atoms with van der Waals surface area (Å²) in [6.07, 6.45) is 0. The second-order valence-corrected chi connectivity index (χ2v) is 10.9. The van der Waals surface area contributed by atoms with Crippen LogP contribution in [-0.4, -0.2) is 28.6 Å². The van der Waals surface area contributed by atoms with Gasteiger partial charge in [-0.25, -0.2) is 4.98 Å². The maximum Gasteiger partial charge on any atom is 0.294 e. The molecule has 1 unspecified atom stereocenters. The molecule has 1 aromatic heterocycles. The van der Waals surface area contributed by atoms with Crippen molar-refractivity contribution in [2.75, 3.05) is 11.7 Å². The summed E-state index contributed by atoms with van der Waals surface area (Å²) in [5, 5.41) is 11.8. The predicted octanol–water partition coefficient (Wildman–Crippen LogP) is 5.57. The topological polar surface area (TPSA) is 89.0 Å².